The largest absolute Gasteiger partial charge is 0.462 e. The van der Waals surface area contributed by atoms with Crippen LogP contribution >= 0.6 is 11.6 Å². The Morgan fingerprint density at radius 1 is 1.09 bits per heavy atom. The molecule has 0 spiro atoms. The molecule has 0 N–H and O–H groups in total. The third-order valence-corrected chi connectivity index (χ3v) is 5.78. The van der Waals surface area contributed by atoms with Gasteiger partial charge in [-0.2, -0.15) is 13.2 Å². The fourth-order valence-corrected chi connectivity index (χ4v) is 4.23. The Balaban J connectivity index is 1.97. The molecule has 1 aromatic heterocycles. The monoisotopic (exact) mass is 476 g/mol. The number of benzene rings is 2. The predicted molar refractivity (Wildman–Crippen MR) is 117 cm³/mol. The zero-order valence-corrected chi connectivity index (χ0v) is 18.4. The average molecular weight is 477 g/mol. The summed E-state index contributed by atoms with van der Waals surface area (Å²) in [6.45, 7) is 0.960. The van der Waals surface area contributed by atoms with Gasteiger partial charge in [0.15, 0.2) is 0 Å². The first-order valence-corrected chi connectivity index (χ1v) is 10.6. The van der Waals surface area contributed by atoms with Gasteiger partial charge in [0.1, 0.15) is 24.5 Å². The number of hydrogen-bond donors (Lipinski definition) is 0. The lowest BCUT2D eigenvalue weighted by Gasteiger charge is -2.27. The number of ether oxygens (including phenoxy) is 1. The molecular formula is C24H20ClF3N2O3. The molecule has 1 fully saturated rings. The van der Waals surface area contributed by atoms with Crippen molar-refractivity contribution >= 4 is 23.5 Å². The van der Waals surface area contributed by atoms with Crippen LogP contribution in [0.5, 0.6) is 0 Å². The summed E-state index contributed by atoms with van der Waals surface area (Å²) in [6, 6.07) is 14.9. The van der Waals surface area contributed by atoms with E-state index in [1.165, 1.54) is 11.8 Å². The molecule has 0 unspecified atom stereocenters. The van der Waals surface area contributed by atoms with Crippen molar-refractivity contribution in [3.05, 3.63) is 82.1 Å². The van der Waals surface area contributed by atoms with Crippen molar-refractivity contribution in [1.29, 1.82) is 0 Å². The molecular weight excluding hydrogens is 457 g/mol. The average Bonchev–Trinajstić information content (AvgIpc) is 3.06. The minimum Gasteiger partial charge on any atom is -0.462 e. The molecule has 1 saturated heterocycles. The number of carbonyl (C=O) groups excluding carboxylic acids is 2. The highest BCUT2D eigenvalue weighted by molar-refractivity contribution is 6.30. The Kier molecular flexibility index (Phi) is 6.21. The second kappa shape index (κ2) is 8.94. The molecule has 33 heavy (non-hydrogen) atoms. The summed E-state index contributed by atoms with van der Waals surface area (Å²) in [5.41, 5.74) is 0.104. The summed E-state index contributed by atoms with van der Waals surface area (Å²) in [5.74, 6) is -1.26. The molecule has 2 aromatic carbocycles. The normalized spacial score (nSPS) is 14.3. The maximum Gasteiger partial charge on any atom is 0.431 e. The van der Waals surface area contributed by atoms with Gasteiger partial charge in [-0.25, -0.2) is 0 Å². The van der Waals surface area contributed by atoms with Gasteiger partial charge in [-0.05, 0) is 35.7 Å². The Morgan fingerprint density at radius 2 is 1.76 bits per heavy atom. The van der Waals surface area contributed by atoms with E-state index in [1.807, 2.05) is 0 Å². The van der Waals surface area contributed by atoms with Crippen molar-refractivity contribution < 1.29 is 27.5 Å². The van der Waals surface area contributed by atoms with Gasteiger partial charge >= 0.3 is 12.1 Å². The summed E-state index contributed by atoms with van der Waals surface area (Å²) in [5, 5.41) is 0.419. The van der Waals surface area contributed by atoms with Gasteiger partial charge in [-0.3, -0.25) is 9.59 Å². The highest BCUT2D eigenvalue weighted by Crippen LogP contribution is 2.42. The smallest absolute Gasteiger partial charge is 0.431 e. The van der Waals surface area contributed by atoms with Crippen LogP contribution in [0.3, 0.4) is 0 Å². The SMILES string of the molecule is Cc1c(-c2ccc(Cl)cc2)c(C(=O)N2CCOC(=O)C2)n(Cc2ccccc2)c1C(F)(F)F. The number of amides is 1. The molecule has 5 nitrogen and oxygen atoms in total. The minimum absolute atomic E-state index is 0.00858. The lowest BCUT2D eigenvalue weighted by Crippen LogP contribution is -2.44. The minimum atomic E-state index is -4.71. The van der Waals surface area contributed by atoms with E-state index in [2.05, 4.69) is 0 Å². The lowest BCUT2D eigenvalue weighted by atomic mass is 10.00. The van der Waals surface area contributed by atoms with E-state index in [4.69, 9.17) is 16.3 Å². The fraction of sp³-hybridized carbons (Fsp3) is 0.250. The van der Waals surface area contributed by atoms with E-state index in [-0.39, 0.29) is 43.1 Å². The molecule has 4 rings (SSSR count). The van der Waals surface area contributed by atoms with Gasteiger partial charge < -0.3 is 14.2 Å². The summed E-state index contributed by atoms with van der Waals surface area (Å²) in [4.78, 5) is 26.6. The van der Waals surface area contributed by atoms with Crippen molar-refractivity contribution in [3.8, 4) is 11.1 Å². The number of halogens is 4. The van der Waals surface area contributed by atoms with Crippen LogP contribution in [0.2, 0.25) is 5.02 Å². The second-order valence-corrected chi connectivity index (χ2v) is 8.16. The van der Waals surface area contributed by atoms with Crippen LogP contribution in [0.1, 0.15) is 27.3 Å². The van der Waals surface area contributed by atoms with Crippen LogP contribution in [0, 0.1) is 6.92 Å². The number of esters is 1. The van der Waals surface area contributed by atoms with Crippen LogP contribution in [-0.4, -0.2) is 41.0 Å². The highest BCUT2D eigenvalue weighted by Gasteiger charge is 2.42. The fourth-order valence-electron chi connectivity index (χ4n) is 4.10. The van der Waals surface area contributed by atoms with Gasteiger partial charge in [0.25, 0.3) is 5.91 Å². The Bertz CT molecular complexity index is 1190. The number of nitrogens with zero attached hydrogens (tertiary/aromatic N) is 2. The van der Waals surface area contributed by atoms with Crippen molar-refractivity contribution in [1.82, 2.24) is 9.47 Å². The van der Waals surface area contributed by atoms with Crippen molar-refractivity contribution in [3.63, 3.8) is 0 Å². The molecule has 1 aliphatic rings. The number of rotatable bonds is 4. The summed E-state index contributed by atoms with van der Waals surface area (Å²) >= 11 is 5.98. The van der Waals surface area contributed by atoms with Crippen LogP contribution < -0.4 is 0 Å². The molecule has 0 bridgehead atoms. The Morgan fingerprint density at radius 3 is 2.36 bits per heavy atom. The molecule has 9 heteroatoms. The number of carbonyl (C=O) groups is 2. The molecule has 0 radical (unpaired) electrons. The zero-order chi connectivity index (χ0) is 23.8. The van der Waals surface area contributed by atoms with E-state index in [0.717, 1.165) is 4.57 Å². The van der Waals surface area contributed by atoms with Crippen molar-refractivity contribution in [2.24, 2.45) is 0 Å². The highest BCUT2D eigenvalue weighted by atomic mass is 35.5. The van der Waals surface area contributed by atoms with E-state index in [9.17, 15) is 22.8 Å². The third kappa shape index (κ3) is 4.61. The maximum atomic E-state index is 14.3. The Hall–Kier alpha value is -3.26. The van der Waals surface area contributed by atoms with Gasteiger partial charge in [0.2, 0.25) is 0 Å². The number of cyclic esters (lactones) is 1. The topological polar surface area (TPSA) is 51.5 Å². The lowest BCUT2D eigenvalue weighted by molar-refractivity contribution is -0.149. The van der Waals surface area contributed by atoms with E-state index < -0.39 is 23.7 Å². The molecule has 1 aliphatic heterocycles. The summed E-state index contributed by atoms with van der Waals surface area (Å²) in [6.07, 6.45) is -4.71. The first-order valence-electron chi connectivity index (χ1n) is 10.2. The van der Waals surface area contributed by atoms with E-state index in [1.54, 1.807) is 54.6 Å². The summed E-state index contributed by atoms with van der Waals surface area (Å²) in [7, 11) is 0. The van der Waals surface area contributed by atoms with Gasteiger partial charge in [-0.15, -0.1) is 0 Å². The van der Waals surface area contributed by atoms with Crippen molar-refractivity contribution in [2.75, 3.05) is 19.7 Å². The summed E-state index contributed by atoms with van der Waals surface area (Å²) < 4.78 is 48.8. The number of alkyl halides is 3. The molecule has 0 saturated carbocycles. The molecule has 172 valence electrons. The first kappa shape index (κ1) is 22.9. The van der Waals surface area contributed by atoms with Crippen LogP contribution in [-0.2, 0) is 22.3 Å². The number of morpholine rings is 1. The molecule has 2 heterocycles. The van der Waals surface area contributed by atoms with Gasteiger partial charge in [0, 0.05) is 17.1 Å². The maximum absolute atomic E-state index is 14.3. The zero-order valence-electron chi connectivity index (χ0n) is 17.7. The molecule has 3 aromatic rings. The van der Waals surface area contributed by atoms with Gasteiger partial charge in [-0.1, -0.05) is 54.1 Å². The van der Waals surface area contributed by atoms with E-state index >= 15 is 0 Å². The van der Waals surface area contributed by atoms with E-state index in [0.29, 0.717) is 16.1 Å². The van der Waals surface area contributed by atoms with Crippen LogP contribution in [0.25, 0.3) is 11.1 Å². The predicted octanol–water partition coefficient (Wildman–Crippen LogP) is 5.18. The van der Waals surface area contributed by atoms with Gasteiger partial charge in [0.05, 0.1) is 6.54 Å². The van der Waals surface area contributed by atoms with Crippen LogP contribution in [0.4, 0.5) is 13.2 Å². The molecule has 0 atom stereocenters. The standard InChI is InChI=1S/C24H20ClF3N2O3/c1-15-20(17-7-9-18(25)10-8-17)21(23(32)29-11-12-33-19(31)14-29)30(22(15)24(26,27)28)13-16-5-3-2-4-6-16/h2-10H,11-14H2,1H3. The third-order valence-electron chi connectivity index (χ3n) is 5.53. The number of hydrogen-bond acceptors (Lipinski definition) is 3. The second-order valence-electron chi connectivity index (χ2n) is 7.72. The quantitative estimate of drug-likeness (QED) is 0.487. The van der Waals surface area contributed by atoms with Crippen LogP contribution in [0.15, 0.2) is 54.6 Å². The first-order chi connectivity index (χ1) is 15.7. The molecule has 0 aliphatic carbocycles. The number of aromatic nitrogens is 1. The molecule has 1 amide bonds. The Labute approximate surface area is 193 Å². The van der Waals surface area contributed by atoms with Crippen molar-refractivity contribution in [2.45, 2.75) is 19.6 Å².